The maximum absolute atomic E-state index is 12.7. The van der Waals surface area contributed by atoms with Gasteiger partial charge in [0.15, 0.2) is 0 Å². The van der Waals surface area contributed by atoms with Gasteiger partial charge < -0.3 is 15.4 Å². The van der Waals surface area contributed by atoms with E-state index in [-0.39, 0.29) is 11.6 Å². The van der Waals surface area contributed by atoms with E-state index >= 15 is 0 Å². The van der Waals surface area contributed by atoms with E-state index < -0.39 is 17.4 Å². The molecule has 0 aliphatic rings. The Bertz CT molecular complexity index is 797. The SMILES string of the molecule is CNC(=O)[C@@H](NC(=O)c1cccc(-c2cccc(OC)c2)n1)C(C)(C)C. The third-order valence-electron chi connectivity index (χ3n) is 4.00. The molecule has 2 N–H and O–H groups in total. The van der Waals surface area contributed by atoms with E-state index in [9.17, 15) is 9.59 Å². The van der Waals surface area contributed by atoms with Gasteiger partial charge in [-0.2, -0.15) is 0 Å². The highest BCUT2D eigenvalue weighted by Gasteiger charge is 2.32. The highest BCUT2D eigenvalue weighted by atomic mass is 16.5. The van der Waals surface area contributed by atoms with Crippen LogP contribution >= 0.6 is 0 Å². The summed E-state index contributed by atoms with van der Waals surface area (Å²) in [4.78, 5) is 29.2. The second kappa shape index (κ2) is 7.99. The van der Waals surface area contributed by atoms with Gasteiger partial charge in [-0.1, -0.05) is 39.0 Å². The second-order valence-electron chi connectivity index (χ2n) is 7.03. The van der Waals surface area contributed by atoms with E-state index in [1.165, 1.54) is 0 Å². The Kier molecular flexibility index (Phi) is 5.97. The van der Waals surface area contributed by atoms with Crippen molar-refractivity contribution in [2.24, 2.45) is 5.41 Å². The van der Waals surface area contributed by atoms with Crippen LogP contribution in [0.3, 0.4) is 0 Å². The zero-order chi connectivity index (χ0) is 19.3. The minimum atomic E-state index is -0.665. The Hall–Kier alpha value is -2.89. The van der Waals surface area contributed by atoms with Crippen LogP contribution in [-0.4, -0.2) is 37.0 Å². The molecule has 6 nitrogen and oxygen atoms in total. The molecular formula is C20H25N3O3. The quantitative estimate of drug-likeness (QED) is 0.864. The number of amides is 2. The highest BCUT2D eigenvalue weighted by molar-refractivity contribution is 5.96. The molecule has 0 aliphatic carbocycles. The molecule has 0 unspecified atom stereocenters. The third-order valence-corrected chi connectivity index (χ3v) is 4.00. The lowest BCUT2D eigenvalue weighted by Crippen LogP contribution is -2.53. The molecule has 1 atom stereocenters. The molecule has 6 heteroatoms. The van der Waals surface area contributed by atoms with Gasteiger partial charge in [0.25, 0.3) is 5.91 Å². The summed E-state index contributed by atoms with van der Waals surface area (Å²) in [5, 5.41) is 5.38. The first-order valence-electron chi connectivity index (χ1n) is 8.40. The molecule has 138 valence electrons. The lowest BCUT2D eigenvalue weighted by Gasteiger charge is -2.29. The zero-order valence-electron chi connectivity index (χ0n) is 15.8. The van der Waals surface area contributed by atoms with Crippen molar-refractivity contribution in [1.82, 2.24) is 15.6 Å². The number of pyridine rings is 1. The Labute approximate surface area is 154 Å². The second-order valence-corrected chi connectivity index (χ2v) is 7.03. The molecule has 1 aromatic heterocycles. The average molecular weight is 355 g/mol. The topological polar surface area (TPSA) is 80.3 Å². The van der Waals surface area contributed by atoms with Crippen LogP contribution in [0.25, 0.3) is 11.3 Å². The van der Waals surface area contributed by atoms with Crippen molar-refractivity contribution in [3.05, 3.63) is 48.2 Å². The van der Waals surface area contributed by atoms with Crippen LogP contribution in [-0.2, 0) is 4.79 Å². The molecule has 0 bridgehead atoms. The molecule has 0 saturated carbocycles. The number of carbonyl (C=O) groups excluding carboxylic acids is 2. The van der Waals surface area contributed by atoms with Gasteiger partial charge >= 0.3 is 0 Å². The molecular weight excluding hydrogens is 330 g/mol. The third kappa shape index (κ3) is 4.59. The number of likely N-dealkylation sites (N-methyl/N-ethyl adjacent to an activating group) is 1. The van der Waals surface area contributed by atoms with Gasteiger partial charge in [-0.25, -0.2) is 4.98 Å². The smallest absolute Gasteiger partial charge is 0.270 e. The van der Waals surface area contributed by atoms with Crippen molar-refractivity contribution in [2.75, 3.05) is 14.2 Å². The first-order valence-corrected chi connectivity index (χ1v) is 8.40. The minimum Gasteiger partial charge on any atom is -0.497 e. The van der Waals surface area contributed by atoms with Crippen molar-refractivity contribution < 1.29 is 14.3 Å². The van der Waals surface area contributed by atoms with Gasteiger partial charge in [0.2, 0.25) is 5.91 Å². The number of hydrogen-bond donors (Lipinski definition) is 2. The lowest BCUT2D eigenvalue weighted by atomic mass is 9.86. The van der Waals surface area contributed by atoms with Crippen molar-refractivity contribution in [3.63, 3.8) is 0 Å². The van der Waals surface area contributed by atoms with Gasteiger partial charge in [-0.15, -0.1) is 0 Å². The standard InChI is InChI=1S/C20H25N3O3/c1-20(2,3)17(19(25)21-4)23-18(24)16-11-7-10-15(22-16)13-8-6-9-14(12-13)26-5/h6-12,17H,1-5H3,(H,21,25)(H,23,24)/t17-/m1/s1. The summed E-state index contributed by atoms with van der Waals surface area (Å²) < 4.78 is 5.23. The molecule has 26 heavy (non-hydrogen) atoms. The number of benzene rings is 1. The van der Waals surface area contributed by atoms with Crippen molar-refractivity contribution >= 4 is 11.8 Å². The number of methoxy groups -OCH3 is 1. The summed E-state index contributed by atoms with van der Waals surface area (Å²) in [6, 6.07) is 12.0. The average Bonchev–Trinajstić information content (AvgIpc) is 2.64. The Morgan fingerprint density at radius 2 is 1.81 bits per heavy atom. The van der Waals surface area contributed by atoms with Crippen LogP contribution in [0.4, 0.5) is 0 Å². The predicted molar refractivity (Wildman–Crippen MR) is 101 cm³/mol. The number of ether oxygens (including phenoxy) is 1. The van der Waals surface area contributed by atoms with Gasteiger partial charge in [-0.3, -0.25) is 9.59 Å². The molecule has 0 radical (unpaired) electrons. The van der Waals surface area contributed by atoms with Gasteiger partial charge in [0, 0.05) is 12.6 Å². The molecule has 0 aliphatic heterocycles. The van der Waals surface area contributed by atoms with E-state index in [0.29, 0.717) is 11.4 Å². The summed E-state index contributed by atoms with van der Waals surface area (Å²) in [5.41, 5.74) is 1.32. The highest BCUT2D eigenvalue weighted by Crippen LogP contribution is 2.23. The Morgan fingerprint density at radius 1 is 1.12 bits per heavy atom. The fourth-order valence-electron chi connectivity index (χ4n) is 2.53. The number of carbonyl (C=O) groups is 2. The summed E-state index contributed by atoms with van der Waals surface area (Å²) in [7, 11) is 3.15. The van der Waals surface area contributed by atoms with E-state index in [1.807, 2.05) is 51.1 Å². The van der Waals surface area contributed by atoms with E-state index in [0.717, 1.165) is 5.56 Å². The molecule has 2 amide bonds. The molecule has 0 spiro atoms. The molecule has 2 rings (SSSR count). The number of hydrogen-bond acceptors (Lipinski definition) is 4. The van der Waals surface area contributed by atoms with Gasteiger partial charge in [0.05, 0.1) is 12.8 Å². The van der Waals surface area contributed by atoms with E-state index in [1.54, 1.807) is 26.3 Å². The molecule has 1 heterocycles. The van der Waals surface area contributed by atoms with Crippen molar-refractivity contribution in [2.45, 2.75) is 26.8 Å². The van der Waals surface area contributed by atoms with Crippen LogP contribution in [0.5, 0.6) is 5.75 Å². The summed E-state index contributed by atoms with van der Waals surface area (Å²) >= 11 is 0. The predicted octanol–water partition coefficient (Wildman–Crippen LogP) is 2.65. The van der Waals surface area contributed by atoms with Gasteiger partial charge in [0.1, 0.15) is 17.5 Å². The molecule has 0 fully saturated rings. The maximum atomic E-state index is 12.7. The van der Waals surface area contributed by atoms with Gasteiger partial charge in [-0.05, 0) is 29.7 Å². The number of nitrogens with one attached hydrogen (secondary N) is 2. The fourth-order valence-corrected chi connectivity index (χ4v) is 2.53. The maximum Gasteiger partial charge on any atom is 0.270 e. The normalized spacial score (nSPS) is 12.2. The van der Waals surface area contributed by atoms with Crippen molar-refractivity contribution in [3.8, 4) is 17.0 Å². The number of rotatable bonds is 5. The first kappa shape index (κ1) is 19.4. The van der Waals surface area contributed by atoms with Crippen LogP contribution in [0.2, 0.25) is 0 Å². The first-order chi connectivity index (χ1) is 12.3. The largest absolute Gasteiger partial charge is 0.497 e. The van der Waals surface area contributed by atoms with Crippen LogP contribution in [0.15, 0.2) is 42.5 Å². The van der Waals surface area contributed by atoms with E-state index in [2.05, 4.69) is 15.6 Å². The molecule has 0 saturated heterocycles. The Balaban J connectivity index is 2.28. The van der Waals surface area contributed by atoms with Crippen molar-refractivity contribution in [1.29, 1.82) is 0 Å². The van der Waals surface area contributed by atoms with Crippen LogP contribution < -0.4 is 15.4 Å². The summed E-state index contributed by atoms with van der Waals surface area (Å²) in [6.07, 6.45) is 0. The van der Waals surface area contributed by atoms with E-state index in [4.69, 9.17) is 4.74 Å². The summed E-state index contributed by atoms with van der Waals surface area (Å²) in [6.45, 7) is 5.69. The number of nitrogens with zero attached hydrogens (tertiary/aromatic N) is 1. The van der Waals surface area contributed by atoms with Crippen LogP contribution in [0.1, 0.15) is 31.3 Å². The minimum absolute atomic E-state index is 0.241. The Morgan fingerprint density at radius 3 is 2.42 bits per heavy atom. The lowest BCUT2D eigenvalue weighted by molar-refractivity contribution is -0.124. The van der Waals surface area contributed by atoms with Crippen LogP contribution in [0, 0.1) is 5.41 Å². The monoisotopic (exact) mass is 355 g/mol. The summed E-state index contributed by atoms with van der Waals surface area (Å²) in [5.74, 6) is 0.0830. The molecule has 2 aromatic rings. The zero-order valence-corrected chi connectivity index (χ0v) is 15.8. The molecule has 1 aromatic carbocycles. The number of aromatic nitrogens is 1. The fraction of sp³-hybridized carbons (Fsp3) is 0.350.